The summed E-state index contributed by atoms with van der Waals surface area (Å²) < 4.78 is 4.00. The summed E-state index contributed by atoms with van der Waals surface area (Å²) in [4.78, 5) is 0. The zero-order chi connectivity index (χ0) is 2.71. The van der Waals surface area contributed by atoms with Crippen molar-refractivity contribution in [2.75, 3.05) is 7.11 Å². The Morgan fingerprint density at radius 2 is 1.75 bits per heavy atom. The van der Waals surface area contributed by atoms with Gasteiger partial charge in [-0.3, -0.25) is 0 Å². The summed E-state index contributed by atoms with van der Waals surface area (Å²) in [5.74, 6) is 0. The molecule has 0 N–H and O–H groups in total. The Bertz CT molecular complexity index is 6.00. The second kappa shape index (κ2) is 8.96. The average Bonchev–Trinajstić information content (AvgIpc) is 0.918. The van der Waals surface area contributed by atoms with Crippen molar-refractivity contribution in [3.63, 3.8) is 0 Å². The molecule has 0 aromatic heterocycles. The molecular weight excluding hydrogens is 129 g/mol. The molecule has 0 saturated heterocycles. The first kappa shape index (κ1) is 8.91. The van der Waals surface area contributed by atoms with E-state index >= 15 is 0 Å². The van der Waals surface area contributed by atoms with Crippen LogP contribution in [0.2, 0.25) is 0 Å². The van der Waals surface area contributed by atoms with Gasteiger partial charge in [0.25, 0.3) is 0 Å². The van der Waals surface area contributed by atoms with E-state index in [1.165, 1.54) is 7.11 Å². The molecule has 20 valence electrons. The molecule has 0 aromatic rings. The summed E-state index contributed by atoms with van der Waals surface area (Å²) in [6, 6.07) is 0. The molecule has 0 radical (unpaired) electrons. The standard InChI is InChI=1S/C2H5O.Y/c1-3-2;/h1H2,2H3;/q-1;+3. The first-order chi connectivity index (χ1) is 1.41. The van der Waals surface area contributed by atoms with Crippen molar-refractivity contribution in [3.8, 4) is 0 Å². The number of hydrogen-bond donors (Lipinski definition) is 0. The largest absolute Gasteiger partial charge is 3.00 e. The van der Waals surface area contributed by atoms with Gasteiger partial charge in [0.15, 0.2) is 0 Å². The summed E-state index contributed by atoms with van der Waals surface area (Å²) in [7, 11) is 4.50. The minimum Gasteiger partial charge on any atom is -0.557 e. The topological polar surface area (TPSA) is 9.23 Å². The predicted octanol–water partition coefficient (Wildman–Crippen LogP) is 0.422. The molecular formula is C2H5OY+2. The maximum Gasteiger partial charge on any atom is 3.00 e. The fraction of sp³-hybridized carbons (Fsp3) is 0.500. The Labute approximate surface area is 51.6 Å². The molecule has 0 unspecified atom stereocenters. The Kier molecular flexibility index (Phi) is 19.9. The Balaban J connectivity index is 0. The van der Waals surface area contributed by atoms with Crippen LogP contribution in [0.25, 0.3) is 0 Å². The number of ether oxygens (including phenoxy) is 1. The molecule has 0 aliphatic carbocycles. The molecule has 0 heterocycles. The van der Waals surface area contributed by atoms with Crippen LogP contribution in [-0.4, -0.2) is 7.11 Å². The summed E-state index contributed by atoms with van der Waals surface area (Å²) in [5.41, 5.74) is 0. The van der Waals surface area contributed by atoms with Gasteiger partial charge in [0.05, 0.1) is 0 Å². The van der Waals surface area contributed by atoms with Gasteiger partial charge >= 0.3 is 32.7 Å². The molecule has 0 atom stereocenters. The minimum atomic E-state index is 0. The zero-order valence-corrected chi connectivity index (χ0v) is 5.53. The van der Waals surface area contributed by atoms with Gasteiger partial charge in [-0.05, 0) is 7.11 Å². The van der Waals surface area contributed by atoms with Crippen LogP contribution in [-0.2, 0) is 37.4 Å². The van der Waals surface area contributed by atoms with Crippen molar-refractivity contribution in [1.82, 2.24) is 0 Å². The van der Waals surface area contributed by atoms with E-state index in [1.54, 1.807) is 0 Å². The van der Waals surface area contributed by atoms with E-state index in [-0.39, 0.29) is 32.7 Å². The summed E-state index contributed by atoms with van der Waals surface area (Å²) in [6.45, 7) is 0. The van der Waals surface area contributed by atoms with E-state index in [9.17, 15) is 0 Å². The first-order valence-electron chi connectivity index (χ1n) is 0.697. The van der Waals surface area contributed by atoms with E-state index in [0.717, 1.165) is 0 Å². The molecule has 0 spiro atoms. The first-order valence-corrected chi connectivity index (χ1v) is 0.697. The molecule has 0 saturated carbocycles. The third kappa shape index (κ3) is 11.5. The van der Waals surface area contributed by atoms with Crippen LogP contribution in [0.4, 0.5) is 0 Å². The van der Waals surface area contributed by atoms with E-state index in [0.29, 0.717) is 0 Å². The second-order valence-electron chi connectivity index (χ2n) is 0.289. The number of methoxy groups -OCH3 is 1. The summed E-state index contributed by atoms with van der Waals surface area (Å²) >= 11 is 0. The molecule has 0 aliphatic heterocycles. The smallest absolute Gasteiger partial charge is 0.557 e. The van der Waals surface area contributed by atoms with Gasteiger partial charge in [-0.2, -0.15) is 0 Å². The molecule has 0 aromatic carbocycles. The zero-order valence-electron chi connectivity index (χ0n) is 2.69. The molecule has 4 heavy (non-hydrogen) atoms. The van der Waals surface area contributed by atoms with Crippen molar-refractivity contribution in [2.45, 2.75) is 0 Å². The van der Waals surface area contributed by atoms with Crippen molar-refractivity contribution in [1.29, 1.82) is 0 Å². The monoisotopic (exact) mass is 134 g/mol. The minimum absolute atomic E-state index is 0. The van der Waals surface area contributed by atoms with Gasteiger partial charge in [0, 0.05) is 0 Å². The maximum atomic E-state index is 4.00. The fourth-order valence-corrected chi connectivity index (χ4v) is 0. The van der Waals surface area contributed by atoms with E-state index in [4.69, 9.17) is 0 Å². The van der Waals surface area contributed by atoms with Crippen molar-refractivity contribution in [2.24, 2.45) is 0 Å². The summed E-state index contributed by atoms with van der Waals surface area (Å²) in [5, 5.41) is 0. The van der Waals surface area contributed by atoms with Crippen LogP contribution in [0.15, 0.2) is 0 Å². The quantitative estimate of drug-likeness (QED) is 0.436. The molecule has 0 bridgehead atoms. The molecule has 1 nitrogen and oxygen atoms in total. The Hall–Kier alpha value is 1.06. The molecule has 0 aliphatic rings. The Morgan fingerprint density at radius 1 is 1.75 bits per heavy atom. The third-order valence-electron chi connectivity index (χ3n) is 0. The molecule has 2 heteroatoms. The second-order valence-corrected chi connectivity index (χ2v) is 0.289. The van der Waals surface area contributed by atoms with Gasteiger partial charge in [0.2, 0.25) is 0 Å². The predicted molar refractivity (Wildman–Crippen MR) is 12.4 cm³/mol. The Morgan fingerprint density at radius 3 is 1.75 bits per heavy atom. The van der Waals surface area contributed by atoms with Crippen LogP contribution in [0, 0.1) is 7.11 Å². The van der Waals surface area contributed by atoms with E-state index in [1.807, 2.05) is 0 Å². The van der Waals surface area contributed by atoms with Gasteiger partial charge < -0.3 is 4.74 Å². The number of rotatable bonds is 0. The van der Waals surface area contributed by atoms with Crippen LogP contribution < -0.4 is 0 Å². The molecule has 0 rings (SSSR count). The number of hydrogen-bond acceptors (Lipinski definition) is 1. The van der Waals surface area contributed by atoms with Crippen LogP contribution >= 0.6 is 0 Å². The van der Waals surface area contributed by atoms with Crippen molar-refractivity contribution in [3.05, 3.63) is 7.11 Å². The van der Waals surface area contributed by atoms with Crippen molar-refractivity contribution >= 4 is 0 Å². The molecule has 0 fully saturated rings. The van der Waals surface area contributed by atoms with Gasteiger partial charge in [0.1, 0.15) is 0 Å². The van der Waals surface area contributed by atoms with Gasteiger partial charge in [-0.25, -0.2) is 7.11 Å². The SMILES string of the molecule is [CH2-]OC.[Y+3]. The maximum absolute atomic E-state index is 4.00. The van der Waals surface area contributed by atoms with Gasteiger partial charge in [-0.15, -0.1) is 0 Å². The van der Waals surface area contributed by atoms with Crippen LogP contribution in [0.5, 0.6) is 0 Å². The van der Waals surface area contributed by atoms with Gasteiger partial charge in [-0.1, -0.05) is 0 Å². The van der Waals surface area contributed by atoms with Crippen molar-refractivity contribution < 1.29 is 37.4 Å². The summed E-state index contributed by atoms with van der Waals surface area (Å²) in [6.07, 6.45) is 0. The molecule has 0 amide bonds. The van der Waals surface area contributed by atoms with E-state index < -0.39 is 0 Å². The fourth-order valence-electron chi connectivity index (χ4n) is 0. The van der Waals surface area contributed by atoms with Crippen LogP contribution in [0.1, 0.15) is 0 Å². The van der Waals surface area contributed by atoms with Crippen LogP contribution in [0.3, 0.4) is 0 Å². The average molecular weight is 134 g/mol. The van der Waals surface area contributed by atoms with E-state index in [2.05, 4.69) is 11.8 Å². The third-order valence-corrected chi connectivity index (χ3v) is 0. The normalized spacial score (nSPS) is 4.50.